The zero-order valence-electron chi connectivity index (χ0n) is 11.5. The second-order valence-electron chi connectivity index (χ2n) is 5.36. The molecule has 2 rings (SSSR count). The van der Waals surface area contributed by atoms with E-state index in [0.29, 0.717) is 11.8 Å². The molecule has 0 amide bonds. The van der Waals surface area contributed by atoms with Gasteiger partial charge in [-0.3, -0.25) is 4.90 Å². The first kappa shape index (κ1) is 14.8. The van der Waals surface area contributed by atoms with Crippen LogP contribution in [0.5, 0.6) is 5.75 Å². The van der Waals surface area contributed by atoms with Gasteiger partial charge in [0.05, 0.1) is 4.47 Å². The van der Waals surface area contributed by atoms with E-state index in [1.807, 2.05) is 12.1 Å². The van der Waals surface area contributed by atoms with Crippen LogP contribution in [0.3, 0.4) is 0 Å². The number of hydrogen-bond acceptors (Lipinski definition) is 3. The summed E-state index contributed by atoms with van der Waals surface area (Å²) in [5.41, 5.74) is 1.19. The Morgan fingerprint density at radius 2 is 2.05 bits per heavy atom. The molecule has 4 heteroatoms. The summed E-state index contributed by atoms with van der Waals surface area (Å²) in [5, 5.41) is 13.0. The van der Waals surface area contributed by atoms with Crippen molar-refractivity contribution >= 4 is 15.9 Å². The Hall–Kier alpha value is -0.580. The molecule has 106 valence electrons. The molecule has 1 fully saturated rings. The number of rotatable bonds is 5. The van der Waals surface area contributed by atoms with Gasteiger partial charge in [0.25, 0.3) is 0 Å². The van der Waals surface area contributed by atoms with Crippen LogP contribution in [0.2, 0.25) is 0 Å². The number of nitrogens with one attached hydrogen (secondary N) is 1. The molecule has 1 atom stereocenters. The molecule has 2 N–H and O–H groups in total. The maximum atomic E-state index is 9.45. The lowest BCUT2D eigenvalue weighted by Crippen LogP contribution is -2.42. The van der Waals surface area contributed by atoms with E-state index in [1.165, 1.54) is 37.9 Å². The number of halogens is 1. The Labute approximate surface area is 124 Å². The molecule has 1 aromatic carbocycles. The molecule has 0 radical (unpaired) electrons. The van der Waals surface area contributed by atoms with Gasteiger partial charge in [-0.25, -0.2) is 0 Å². The van der Waals surface area contributed by atoms with Gasteiger partial charge in [-0.15, -0.1) is 0 Å². The van der Waals surface area contributed by atoms with Crippen LogP contribution in [0.25, 0.3) is 0 Å². The van der Waals surface area contributed by atoms with E-state index in [-0.39, 0.29) is 0 Å². The van der Waals surface area contributed by atoms with Crippen LogP contribution in [0.1, 0.15) is 31.7 Å². The first-order valence-corrected chi connectivity index (χ1v) is 7.88. The van der Waals surface area contributed by atoms with Crippen molar-refractivity contribution < 1.29 is 5.11 Å². The molecular weight excluding hydrogens is 304 g/mol. The minimum absolute atomic E-state index is 0.297. The van der Waals surface area contributed by atoms with E-state index in [1.54, 1.807) is 6.07 Å². The average Bonchev–Trinajstić information content (AvgIpc) is 2.43. The van der Waals surface area contributed by atoms with E-state index in [9.17, 15) is 5.11 Å². The number of phenolic OH excluding ortho intramolecular Hbond substituents is 1. The van der Waals surface area contributed by atoms with Gasteiger partial charge in [0.1, 0.15) is 5.75 Å². The van der Waals surface area contributed by atoms with E-state index in [4.69, 9.17) is 0 Å². The van der Waals surface area contributed by atoms with Crippen molar-refractivity contribution in [2.45, 2.75) is 38.8 Å². The summed E-state index contributed by atoms with van der Waals surface area (Å²) in [5.74, 6) is 0.297. The monoisotopic (exact) mass is 326 g/mol. The molecule has 1 aliphatic heterocycles. The van der Waals surface area contributed by atoms with Gasteiger partial charge < -0.3 is 10.4 Å². The normalized spacial score (nSPS) is 18.4. The third kappa shape index (κ3) is 4.48. The molecule has 1 heterocycles. The van der Waals surface area contributed by atoms with Crippen LogP contribution >= 0.6 is 15.9 Å². The largest absolute Gasteiger partial charge is 0.507 e. The molecule has 1 aliphatic rings. The van der Waals surface area contributed by atoms with Crippen molar-refractivity contribution in [1.82, 2.24) is 10.2 Å². The van der Waals surface area contributed by atoms with E-state index in [0.717, 1.165) is 17.6 Å². The molecule has 19 heavy (non-hydrogen) atoms. The van der Waals surface area contributed by atoms with Gasteiger partial charge in [0.2, 0.25) is 0 Å². The van der Waals surface area contributed by atoms with Gasteiger partial charge in [-0.2, -0.15) is 0 Å². The van der Waals surface area contributed by atoms with E-state index in [2.05, 4.69) is 33.1 Å². The molecular formula is C15H23BrN2O. The predicted molar refractivity (Wildman–Crippen MR) is 82.4 cm³/mol. The predicted octanol–water partition coefficient (Wildman–Crippen LogP) is 3.12. The number of piperidine rings is 1. The first-order valence-electron chi connectivity index (χ1n) is 7.09. The van der Waals surface area contributed by atoms with Crippen LogP contribution in [-0.2, 0) is 6.54 Å². The Kier molecular flexibility index (Phi) is 5.67. The van der Waals surface area contributed by atoms with Crippen molar-refractivity contribution in [2.75, 3.05) is 19.6 Å². The molecule has 0 aliphatic carbocycles. The van der Waals surface area contributed by atoms with Gasteiger partial charge in [-0.05, 0) is 66.5 Å². The van der Waals surface area contributed by atoms with Crippen molar-refractivity contribution in [3.63, 3.8) is 0 Å². The van der Waals surface area contributed by atoms with Gasteiger partial charge in [0.15, 0.2) is 0 Å². The number of phenols is 1. The lowest BCUT2D eigenvalue weighted by molar-refractivity contribution is 0.170. The summed E-state index contributed by atoms with van der Waals surface area (Å²) in [6.45, 7) is 6.64. The lowest BCUT2D eigenvalue weighted by Gasteiger charge is -2.32. The summed E-state index contributed by atoms with van der Waals surface area (Å²) >= 11 is 3.34. The molecule has 0 saturated carbocycles. The average molecular weight is 327 g/mol. The third-order valence-corrected chi connectivity index (χ3v) is 4.43. The molecule has 0 aromatic heterocycles. The summed E-state index contributed by atoms with van der Waals surface area (Å²) in [6.07, 6.45) is 4.07. The summed E-state index contributed by atoms with van der Waals surface area (Å²) in [6, 6.07) is 6.25. The minimum Gasteiger partial charge on any atom is -0.507 e. The lowest BCUT2D eigenvalue weighted by atomic mass is 10.1. The van der Waals surface area contributed by atoms with Crippen molar-refractivity contribution in [3.05, 3.63) is 28.2 Å². The maximum absolute atomic E-state index is 9.45. The first-order chi connectivity index (χ1) is 9.16. The van der Waals surface area contributed by atoms with E-state index >= 15 is 0 Å². The van der Waals surface area contributed by atoms with Crippen LogP contribution in [-0.4, -0.2) is 35.7 Å². The van der Waals surface area contributed by atoms with Gasteiger partial charge >= 0.3 is 0 Å². The fourth-order valence-corrected chi connectivity index (χ4v) is 3.00. The molecule has 3 nitrogen and oxygen atoms in total. The number of benzene rings is 1. The maximum Gasteiger partial charge on any atom is 0.129 e. The Balaban J connectivity index is 1.74. The number of nitrogens with zero attached hydrogens (tertiary/aromatic N) is 1. The quantitative estimate of drug-likeness (QED) is 0.872. The Bertz CT molecular complexity index is 405. The van der Waals surface area contributed by atoms with Crippen molar-refractivity contribution in [2.24, 2.45) is 0 Å². The van der Waals surface area contributed by atoms with E-state index < -0.39 is 0 Å². The highest BCUT2D eigenvalue weighted by Crippen LogP contribution is 2.24. The van der Waals surface area contributed by atoms with Crippen molar-refractivity contribution in [3.8, 4) is 5.75 Å². The molecule has 1 saturated heterocycles. The van der Waals surface area contributed by atoms with Gasteiger partial charge in [-0.1, -0.05) is 12.5 Å². The highest BCUT2D eigenvalue weighted by molar-refractivity contribution is 9.10. The standard InChI is InChI=1S/C15H23BrN2O/c1-12(18-7-3-2-4-8-18)10-17-11-13-5-6-15(19)14(16)9-13/h5-6,9,12,17,19H,2-4,7-8,10-11H2,1H3. The van der Waals surface area contributed by atoms with Crippen LogP contribution in [0, 0.1) is 0 Å². The second-order valence-corrected chi connectivity index (χ2v) is 6.22. The highest BCUT2D eigenvalue weighted by atomic mass is 79.9. The molecule has 1 aromatic rings. The zero-order valence-corrected chi connectivity index (χ0v) is 13.1. The summed E-state index contributed by atoms with van der Waals surface area (Å²) in [4.78, 5) is 2.57. The Morgan fingerprint density at radius 1 is 1.32 bits per heavy atom. The number of hydrogen-bond donors (Lipinski definition) is 2. The SMILES string of the molecule is CC(CNCc1ccc(O)c(Br)c1)N1CCCCC1. The minimum atomic E-state index is 0.297. The van der Waals surface area contributed by atoms with Crippen LogP contribution < -0.4 is 5.32 Å². The second kappa shape index (κ2) is 7.27. The molecule has 0 bridgehead atoms. The highest BCUT2D eigenvalue weighted by Gasteiger charge is 2.15. The number of likely N-dealkylation sites (tertiary alicyclic amines) is 1. The molecule has 0 spiro atoms. The van der Waals surface area contributed by atoms with Crippen LogP contribution in [0.4, 0.5) is 0 Å². The molecule has 1 unspecified atom stereocenters. The zero-order chi connectivity index (χ0) is 13.7. The van der Waals surface area contributed by atoms with Crippen LogP contribution in [0.15, 0.2) is 22.7 Å². The summed E-state index contributed by atoms with van der Waals surface area (Å²) in [7, 11) is 0. The van der Waals surface area contributed by atoms with Crippen molar-refractivity contribution in [1.29, 1.82) is 0 Å². The van der Waals surface area contributed by atoms with Gasteiger partial charge in [0, 0.05) is 19.1 Å². The third-order valence-electron chi connectivity index (χ3n) is 3.79. The summed E-state index contributed by atoms with van der Waals surface area (Å²) < 4.78 is 0.760. The topological polar surface area (TPSA) is 35.5 Å². The number of aromatic hydroxyl groups is 1. The Morgan fingerprint density at radius 3 is 2.74 bits per heavy atom. The smallest absolute Gasteiger partial charge is 0.129 e. The fourth-order valence-electron chi connectivity index (χ4n) is 2.57. The fraction of sp³-hybridized carbons (Fsp3) is 0.600.